The molecule has 0 saturated carbocycles. The lowest BCUT2D eigenvalue weighted by atomic mass is 10.1. The van der Waals surface area contributed by atoms with Crippen LogP contribution in [0.5, 0.6) is 0 Å². The van der Waals surface area contributed by atoms with Gasteiger partial charge in [0.1, 0.15) is 0 Å². The molecule has 0 bridgehead atoms. The minimum Gasteiger partial charge on any atom is -0.478 e. The lowest BCUT2D eigenvalue weighted by Gasteiger charge is -2.40. The first-order valence-electron chi connectivity index (χ1n) is 3.93. The summed E-state index contributed by atoms with van der Waals surface area (Å²) in [5, 5.41) is 15.9. The van der Waals surface area contributed by atoms with Crippen LogP contribution >= 0.6 is 12.6 Å². The van der Waals surface area contributed by atoms with Crippen LogP contribution < -0.4 is 5.73 Å². The zero-order valence-electron chi connectivity index (χ0n) is 8.29. The van der Waals surface area contributed by atoms with Gasteiger partial charge in [-0.2, -0.15) is 21.4 Å². The van der Waals surface area contributed by atoms with Gasteiger partial charge in [-0.25, -0.2) is 4.79 Å². The highest BCUT2D eigenvalue weighted by Crippen LogP contribution is 2.26. The van der Waals surface area contributed by atoms with Crippen LogP contribution in [0.3, 0.4) is 0 Å². The number of hydrogen-bond donors (Lipinski definition) is 4. The highest BCUT2D eigenvalue weighted by Gasteiger charge is 2.49. The van der Waals surface area contributed by atoms with Crippen LogP contribution in [0, 0.1) is 5.41 Å². The second-order valence-corrected chi connectivity index (χ2v) is 3.47. The Labute approximate surface area is 91.2 Å². The van der Waals surface area contributed by atoms with E-state index in [4.69, 9.17) is 16.2 Å². The second-order valence-electron chi connectivity index (χ2n) is 3.15. The molecule has 0 radical (unpaired) electrons. The summed E-state index contributed by atoms with van der Waals surface area (Å²) in [5.74, 6) is -2.84. The van der Waals surface area contributed by atoms with Crippen molar-refractivity contribution in [3.05, 3.63) is 0 Å². The number of thiol groups is 1. The van der Waals surface area contributed by atoms with E-state index in [0.717, 1.165) is 6.92 Å². The molecule has 0 aromatic heterocycles. The predicted molar refractivity (Wildman–Crippen MR) is 54.3 cm³/mol. The van der Waals surface area contributed by atoms with Crippen LogP contribution in [0.1, 0.15) is 13.8 Å². The van der Waals surface area contributed by atoms with Gasteiger partial charge in [-0.3, -0.25) is 16.0 Å². The van der Waals surface area contributed by atoms with Crippen molar-refractivity contribution in [1.29, 1.82) is 5.41 Å². The minimum atomic E-state index is -3.54. The molecule has 0 aliphatic rings. The number of aliphatic carboxylic acids is 1. The number of rotatable bonds is 4. The van der Waals surface area contributed by atoms with E-state index in [1.54, 1.807) is 0 Å². The Morgan fingerprint density at radius 2 is 2.07 bits per heavy atom. The quantitative estimate of drug-likeness (QED) is 0.190. The molecule has 5 nitrogen and oxygen atoms in total. The van der Waals surface area contributed by atoms with Crippen molar-refractivity contribution < 1.29 is 18.7 Å². The first kappa shape index (κ1) is 14.1. The second kappa shape index (κ2) is 4.31. The molecule has 0 amide bonds. The molecule has 0 fully saturated rings. The molecule has 0 aromatic carbocycles. The zero-order valence-corrected chi connectivity index (χ0v) is 9.18. The monoisotopic (exact) mass is 241 g/mol. The normalized spacial score (nSPS) is 15.6. The molecule has 0 aromatic rings. The van der Waals surface area contributed by atoms with E-state index < -0.39 is 29.3 Å². The smallest absolute Gasteiger partial charge is 0.345 e. The standard InChI is InChI=1S/C7H13F2N3O2S/c1-4(10)12(6(2,8)9)7(11,3-15)5(13)14/h10,15H,3,11H2,1-2H3,(H,13,14)/t7-/m0/s1. The van der Waals surface area contributed by atoms with Gasteiger partial charge in [0.05, 0.1) is 5.84 Å². The van der Waals surface area contributed by atoms with Gasteiger partial charge < -0.3 is 5.11 Å². The van der Waals surface area contributed by atoms with Gasteiger partial charge in [0.15, 0.2) is 0 Å². The molecular weight excluding hydrogens is 228 g/mol. The van der Waals surface area contributed by atoms with Gasteiger partial charge in [-0.05, 0) is 6.92 Å². The molecule has 0 heterocycles. The summed E-state index contributed by atoms with van der Waals surface area (Å²) in [5.41, 5.74) is 2.90. The Kier molecular flexibility index (Phi) is 4.06. The number of hydrogen-bond acceptors (Lipinski definition) is 4. The zero-order chi connectivity index (χ0) is 12.4. The molecular formula is C7H13F2N3O2S. The molecule has 0 rings (SSSR count). The van der Waals surface area contributed by atoms with E-state index in [9.17, 15) is 13.6 Å². The number of nitrogens with one attached hydrogen (secondary N) is 1. The van der Waals surface area contributed by atoms with Crippen molar-refractivity contribution in [2.45, 2.75) is 25.6 Å². The van der Waals surface area contributed by atoms with E-state index in [-0.39, 0.29) is 4.90 Å². The first-order valence-corrected chi connectivity index (χ1v) is 4.57. The fourth-order valence-electron chi connectivity index (χ4n) is 1.18. The van der Waals surface area contributed by atoms with Crippen LogP contribution in [-0.2, 0) is 4.79 Å². The topological polar surface area (TPSA) is 90.4 Å². The van der Waals surface area contributed by atoms with Crippen LogP contribution in [0.25, 0.3) is 0 Å². The minimum absolute atomic E-state index is 0.0231. The number of amidine groups is 1. The third-order valence-electron chi connectivity index (χ3n) is 1.74. The average molecular weight is 241 g/mol. The highest BCUT2D eigenvalue weighted by atomic mass is 32.1. The van der Waals surface area contributed by atoms with Gasteiger partial charge in [-0.15, -0.1) is 0 Å². The van der Waals surface area contributed by atoms with Crippen molar-refractivity contribution in [2.24, 2.45) is 5.73 Å². The molecule has 0 spiro atoms. The average Bonchev–Trinajstić information content (AvgIpc) is 2.00. The maximum atomic E-state index is 13.1. The Balaban J connectivity index is 5.42. The third kappa shape index (κ3) is 2.78. The van der Waals surface area contributed by atoms with Crippen molar-refractivity contribution >= 4 is 24.4 Å². The van der Waals surface area contributed by atoms with Crippen molar-refractivity contribution in [3.8, 4) is 0 Å². The van der Waals surface area contributed by atoms with Crippen LogP contribution in [0.4, 0.5) is 8.78 Å². The molecule has 0 aliphatic heterocycles. The summed E-state index contributed by atoms with van der Waals surface area (Å²) in [4.78, 5) is 10.8. The van der Waals surface area contributed by atoms with Crippen LogP contribution in [-0.4, -0.2) is 39.3 Å². The molecule has 88 valence electrons. The molecule has 0 saturated heterocycles. The van der Waals surface area contributed by atoms with E-state index in [1.165, 1.54) is 0 Å². The SMILES string of the molecule is CC(=N)N(C(C)(F)F)[C@@](N)(CS)C(=O)O. The van der Waals surface area contributed by atoms with E-state index >= 15 is 0 Å². The molecule has 15 heavy (non-hydrogen) atoms. The number of nitrogens with two attached hydrogens (primary N) is 1. The number of nitrogens with zero attached hydrogens (tertiary/aromatic N) is 1. The lowest BCUT2D eigenvalue weighted by Crippen LogP contribution is -2.68. The number of carbonyl (C=O) groups is 1. The summed E-state index contributed by atoms with van der Waals surface area (Å²) in [6.45, 7) is 1.50. The Hall–Kier alpha value is -0.890. The summed E-state index contributed by atoms with van der Waals surface area (Å²) in [7, 11) is 0. The van der Waals surface area contributed by atoms with E-state index in [0.29, 0.717) is 6.92 Å². The van der Waals surface area contributed by atoms with Crippen LogP contribution in [0.2, 0.25) is 0 Å². The molecule has 4 N–H and O–H groups in total. The summed E-state index contributed by atoms with van der Waals surface area (Å²) in [6, 6.07) is -3.54. The van der Waals surface area contributed by atoms with Crippen molar-refractivity contribution in [2.75, 3.05) is 5.75 Å². The summed E-state index contributed by atoms with van der Waals surface area (Å²) < 4.78 is 26.2. The largest absolute Gasteiger partial charge is 0.478 e. The number of alkyl halides is 2. The Morgan fingerprint density at radius 1 is 1.67 bits per heavy atom. The maximum absolute atomic E-state index is 13.1. The maximum Gasteiger partial charge on any atom is 0.345 e. The molecule has 1 atom stereocenters. The fourth-order valence-corrected chi connectivity index (χ4v) is 1.45. The number of carboxylic acids is 1. The van der Waals surface area contributed by atoms with Gasteiger partial charge in [0.2, 0.25) is 5.66 Å². The predicted octanol–water partition coefficient (Wildman–Crippen LogP) is 0.568. The summed E-state index contributed by atoms with van der Waals surface area (Å²) >= 11 is 3.63. The Bertz CT molecular complexity index is 282. The van der Waals surface area contributed by atoms with Crippen molar-refractivity contribution in [3.63, 3.8) is 0 Å². The first-order chi connectivity index (χ1) is 6.57. The summed E-state index contributed by atoms with van der Waals surface area (Å²) in [6.07, 6.45) is 0. The number of halogens is 2. The van der Waals surface area contributed by atoms with Gasteiger partial charge in [-0.1, -0.05) is 0 Å². The van der Waals surface area contributed by atoms with Gasteiger partial charge >= 0.3 is 12.0 Å². The van der Waals surface area contributed by atoms with Gasteiger partial charge in [0.25, 0.3) is 0 Å². The van der Waals surface area contributed by atoms with Crippen molar-refractivity contribution in [1.82, 2.24) is 4.90 Å². The molecule has 8 heteroatoms. The van der Waals surface area contributed by atoms with E-state index in [2.05, 4.69) is 12.6 Å². The fraction of sp³-hybridized carbons (Fsp3) is 0.714. The molecule has 0 unspecified atom stereocenters. The number of carboxylic acid groups (broad SMARTS) is 1. The highest BCUT2D eigenvalue weighted by molar-refractivity contribution is 7.80. The van der Waals surface area contributed by atoms with Gasteiger partial charge in [0, 0.05) is 12.7 Å². The van der Waals surface area contributed by atoms with Crippen LogP contribution in [0.15, 0.2) is 0 Å². The van der Waals surface area contributed by atoms with E-state index in [1.807, 2.05) is 0 Å². The molecule has 0 aliphatic carbocycles. The Morgan fingerprint density at radius 3 is 2.13 bits per heavy atom. The third-order valence-corrected chi connectivity index (χ3v) is 2.22. The lowest BCUT2D eigenvalue weighted by molar-refractivity contribution is -0.171.